The summed E-state index contributed by atoms with van der Waals surface area (Å²) in [5, 5.41) is 1.19. The molecule has 2 aromatic rings. The minimum Gasteiger partial charge on any atom is -0.252 e. The SMILES string of the molecule is C=Cc1cc2ccccc2nc1CCC. The van der Waals surface area contributed by atoms with Crippen molar-refractivity contribution in [3.63, 3.8) is 0 Å². The Morgan fingerprint density at radius 2 is 2.13 bits per heavy atom. The third-order valence-electron chi connectivity index (χ3n) is 2.54. The van der Waals surface area contributed by atoms with Gasteiger partial charge in [-0.05, 0) is 24.1 Å². The van der Waals surface area contributed by atoms with Gasteiger partial charge in [-0.2, -0.15) is 0 Å². The molecule has 1 nitrogen and oxygen atoms in total. The molecule has 0 amide bonds. The van der Waals surface area contributed by atoms with E-state index in [1.165, 1.54) is 5.39 Å². The summed E-state index contributed by atoms with van der Waals surface area (Å²) in [6.07, 6.45) is 4.03. The lowest BCUT2D eigenvalue weighted by Gasteiger charge is -2.06. The van der Waals surface area contributed by atoms with Gasteiger partial charge in [0.2, 0.25) is 0 Å². The summed E-state index contributed by atoms with van der Waals surface area (Å²) >= 11 is 0. The van der Waals surface area contributed by atoms with Crippen LogP contribution in [0.5, 0.6) is 0 Å². The van der Waals surface area contributed by atoms with Crippen molar-refractivity contribution in [1.29, 1.82) is 0 Å². The Kier molecular flexibility index (Phi) is 2.82. The number of aromatic nitrogens is 1. The van der Waals surface area contributed by atoms with E-state index in [-0.39, 0.29) is 0 Å². The molecule has 0 radical (unpaired) electrons. The predicted octanol–water partition coefficient (Wildman–Crippen LogP) is 3.83. The summed E-state index contributed by atoms with van der Waals surface area (Å²) in [7, 11) is 0. The first-order valence-corrected chi connectivity index (χ1v) is 5.36. The topological polar surface area (TPSA) is 12.9 Å². The smallest absolute Gasteiger partial charge is 0.0705 e. The van der Waals surface area contributed by atoms with Crippen molar-refractivity contribution in [3.8, 4) is 0 Å². The second kappa shape index (κ2) is 4.26. The van der Waals surface area contributed by atoms with Gasteiger partial charge >= 0.3 is 0 Å². The van der Waals surface area contributed by atoms with Crippen molar-refractivity contribution in [1.82, 2.24) is 4.98 Å². The van der Waals surface area contributed by atoms with Gasteiger partial charge in [-0.25, -0.2) is 0 Å². The molecule has 0 fully saturated rings. The first-order chi connectivity index (χ1) is 7.35. The molecule has 76 valence electrons. The molecule has 15 heavy (non-hydrogen) atoms. The quantitative estimate of drug-likeness (QED) is 0.728. The second-order valence-corrected chi connectivity index (χ2v) is 3.67. The third kappa shape index (κ3) is 1.91. The predicted molar refractivity (Wildman–Crippen MR) is 65.8 cm³/mol. The molecule has 0 bridgehead atoms. The molecule has 0 spiro atoms. The van der Waals surface area contributed by atoms with Crippen molar-refractivity contribution >= 4 is 17.0 Å². The summed E-state index contributed by atoms with van der Waals surface area (Å²) < 4.78 is 0. The van der Waals surface area contributed by atoms with Crippen molar-refractivity contribution in [2.45, 2.75) is 19.8 Å². The number of rotatable bonds is 3. The number of pyridine rings is 1. The van der Waals surface area contributed by atoms with E-state index in [4.69, 9.17) is 0 Å². The summed E-state index contributed by atoms with van der Waals surface area (Å²) in [6, 6.07) is 10.4. The summed E-state index contributed by atoms with van der Waals surface area (Å²) in [4.78, 5) is 4.66. The Labute approximate surface area is 90.5 Å². The maximum absolute atomic E-state index is 4.66. The zero-order chi connectivity index (χ0) is 10.7. The lowest BCUT2D eigenvalue weighted by molar-refractivity contribution is 0.887. The highest BCUT2D eigenvalue weighted by molar-refractivity contribution is 5.81. The molecule has 0 atom stereocenters. The van der Waals surface area contributed by atoms with Crippen molar-refractivity contribution < 1.29 is 0 Å². The lowest BCUT2D eigenvalue weighted by atomic mass is 10.1. The molecule has 0 aliphatic carbocycles. The molecule has 0 saturated heterocycles. The number of hydrogen-bond donors (Lipinski definition) is 0. The van der Waals surface area contributed by atoms with E-state index in [1.807, 2.05) is 18.2 Å². The van der Waals surface area contributed by atoms with Gasteiger partial charge in [0.1, 0.15) is 0 Å². The van der Waals surface area contributed by atoms with Gasteiger partial charge < -0.3 is 0 Å². The molecule has 1 aromatic heterocycles. The van der Waals surface area contributed by atoms with Gasteiger partial charge in [0.05, 0.1) is 5.52 Å². The number of fused-ring (bicyclic) bond motifs is 1. The van der Waals surface area contributed by atoms with E-state index in [0.29, 0.717) is 0 Å². The number of benzene rings is 1. The number of nitrogens with zero attached hydrogens (tertiary/aromatic N) is 1. The van der Waals surface area contributed by atoms with Crippen molar-refractivity contribution in [2.24, 2.45) is 0 Å². The van der Waals surface area contributed by atoms with E-state index >= 15 is 0 Å². The summed E-state index contributed by atoms with van der Waals surface area (Å²) in [5.74, 6) is 0. The van der Waals surface area contributed by atoms with Crippen LogP contribution < -0.4 is 0 Å². The van der Waals surface area contributed by atoms with Crippen LogP contribution in [0.3, 0.4) is 0 Å². The van der Waals surface area contributed by atoms with Gasteiger partial charge in [-0.3, -0.25) is 4.98 Å². The average Bonchev–Trinajstić information content (AvgIpc) is 2.28. The number of aryl methyl sites for hydroxylation is 1. The maximum Gasteiger partial charge on any atom is 0.0705 e. The zero-order valence-electron chi connectivity index (χ0n) is 9.03. The van der Waals surface area contributed by atoms with E-state index in [0.717, 1.165) is 29.6 Å². The Morgan fingerprint density at radius 3 is 2.87 bits per heavy atom. The molecular weight excluding hydrogens is 182 g/mol. The molecule has 0 aliphatic rings. The van der Waals surface area contributed by atoms with Crippen LogP contribution in [-0.4, -0.2) is 4.98 Å². The van der Waals surface area contributed by atoms with Crippen LogP contribution >= 0.6 is 0 Å². The minimum absolute atomic E-state index is 1.02. The molecule has 0 unspecified atom stereocenters. The van der Waals surface area contributed by atoms with Crippen LogP contribution in [0, 0.1) is 0 Å². The van der Waals surface area contributed by atoms with Crippen molar-refractivity contribution in [3.05, 3.63) is 48.2 Å². The standard InChI is InChI=1S/C14H15N/c1-3-7-13-11(4-2)10-12-8-5-6-9-14(12)15-13/h4-6,8-10H,2-3,7H2,1H3. The minimum atomic E-state index is 1.02. The average molecular weight is 197 g/mol. The first kappa shape index (κ1) is 9.91. The van der Waals surface area contributed by atoms with E-state index in [2.05, 4.69) is 36.7 Å². The van der Waals surface area contributed by atoms with Crippen LogP contribution in [0.4, 0.5) is 0 Å². The molecule has 1 heterocycles. The van der Waals surface area contributed by atoms with E-state index in [9.17, 15) is 0 Å². The second-order valence-electron chi connectivity index (χ2n) is 3.67. The van der Waals surface area contributed by atoms with Crippen molar-refractivity contribution in [2.75, 3.05) is 0 Å². The third-order valence-corrected chi connectivity index (χ3v) is 2.54. The number of para-hydroxylation sites is 1. The number of hydrogen-bond acceptors (Lipinski definition) is 1. The maximum atomic E-state index is 4.66. The Balaban J connectivity index is 2.63. The lowest BCUT2D eigenvalue weighted by Crippen LogP contribution is -1.94. The van der Waals surface area contributed by atoms with Gasteiger partial charge in [0.15, 0.2) is 0 Å². The van der Waals surface area contributed by atoms with Crippen LogP contribution in [0.25, 0.3) is 17.0 Å². The highest BCUT2D eigenvalue weighted by Gasteiger charge is 2.02. The highest BCUT2D eigenvalue weighted by Crippen LogP contribution is 2.18. The molecule has 0 N–H and O–H groups in total. The summed E-state index contributed by atoms with van der Waals surface area (Å²) in [5.41, 5.74) is 3.40. The molecule has 0 aliphatic heterocycles. The van der Waals surface area contributed by atoms with Gasteiger partial charge in [-0.15, -0.1) is 0 Å². The molecule has 2 rings (SSSR count). The zero-order valence-corrected chi connectivity index (χ0v) is 9.03. The van der Waals surface area contributed by atoms with Gasteiger partial charge in [0.25, 0.3) is 0 Å². The fraction of sp³-hybridized carbons (Fsp3) is 0.214. The molecular formula is C14H15N. The molecule has 0 saturated carbocycles. The fourth-order valence-corrected chi connectivity index (χ4v) is 1.79. The van der Waals surface area contributed by atoms with E-state index in [1.54, 1.807) is 0 Å². The van der Waals surface area contributed by atoms with Crippen LogP contribution in [0.1, 0.15) is 24.6 Å². The van der Waals surface area contributed by atoms with Crippen LogP contribution in [0.2, 0.25) is 0 Å². The normalized spacial score (nSPS) is 10.5. The van der Waals surface area contributed by atoms with Gasteiger partial charge in [0, 0.05) is 11.1 Å². The Hall–Kier alpha value is -1.63. The first-order valence-electron chi connectivity index (χ1n) is 5.36. The van der Waals surface area contributed by atoms with Gasteiger partial charge in [-0.1, -0.05) is 44.2 Å². The Bertz CT molecular complexity index is 486. The van der Waals surface area contributed by atoms with E-state index < -0.39 is 0 Å². The Morgan fingerprint density at radius 1 is 1.33 bits per heavy atom. The monoisotopic (exact) mass is 197 g/mol. The summed E-state index contributed by atoms with van der Waals surface area (Å²) in [6.45, 7) is 6.01. The van der Waals surface area contributed by atoms with Crippen LogP contribution in [0.15, 0.2) is 36.9 Å². The van der Waals surface area contributed by atoms with Crippen LogP contribution in [-0.2, 0) is 6.42 Å². The fourth-order valence-electron chi connectivity index (χ4n) is 1.79. The highest BCUT2D eigenvalue weighted by atomic mass is 14.7. The molecule has 1 aromatic carbocycles. The molecule has 1 heteroatoms. The largest absolute Gasteiger partial charge is 0.252 e.